The number of imidazole rings is 1. The van der Waals surface area contributed by atoms with E-state index in [1.165, 1.54) is 11.1 Å². The van der Waals surface area contributed by atoms with Crippen LogP contribution in [0.25, 0.3) is 0 Å². The third-order valence-electron chi connectivity index (χ3n) is 4.40. The molecule has 0 saturated carbocycles. The van der Waals surface area contributed by atoms with Crippen molar-refractivity contribution in [2.45, 2.75) is 72.8 Å². The second kappa shape index (κ2) is 6.92. The van der Waals surface area contributed by atoms with Gasteiger partial charge in [0.05, 0.1) is 5.69 Å². The van der Waals surface area contributed by atoms with Crippen molar-refractivity contribution in [2.75, 3.05) is 0 Å². The van der Waals surface area contributed by atoms with Crippen LogP contribution in [0.1, 0.15) is 78.4 Å². The molecule has 0 saturated heterocycles. The fourth-order valence-corrected chi connectivity index (χ4v) is 2.80. The lowest BCUT2D eigenvalue weighted by Gasteiger charge is -2.16. The molecule has 1 aromatic heterocycles. The summed E-state index contributed by atoms with van der Waals surface area (Å²) < 4.78 is 4.32. The molecule has 2 aromatic rings. The molecule has 130 valence electrons. The second-order valence-corrected chi connectivity index (χ2v) is 8.15. The molecule has 0 fully saturated rings. The second-order valence-electron chi connectivity index (χ2n) is 8.15. The zero-order chi connectivity index (χ0) is 18.1. The van der Waals surface area contributed by atoms with Crippen molar-refractivity contribution in [3.8, 4) is 0 Å². The maximum absolute atomic E-state index is 5.03. The quantitative estimate of drug-likeness (QED) is 0.410. The van der Waals surface area contributed by atoms with Gasteiger partial charge in [0.15, 0.2) is 5.84 Å². The topological polar surface area (TPSA) is 21.2 Å². The Labute approximate surface area is 147 Å². The summed E-state index contributed by atoms with van der Waals surface area (Å²) in [5.41, 5.74) is 3.84. The fourth-order valence-electron chi connectivity index (χ4n) is 2.80. The van der Waals surface area contributed by atoms with Crippen molar-refractivity contribution < 1.29 is 4.57 Å². The number of hydrogen-bond acceptors (Lipinski definition) is 1. The Bertz CT molecular complexity index is 702. The van der Waals surface area contributed by atoms with Crippen LogP contribution in [0.5, 0.6) is 0 Å². The van der Waals surface area contributed by atoms with Crippen LogP contribution in [-0.2, 0) is 5.54 Å². The molecule has 0 amide bonds. The molecule has 0 radical (unpaired) electrons. The van der Waals surface area contributed by atoms with E-state index < -0.39 is 0 Å². The molecule has 1 heterocycles. The molecule has 0 bridgehead atoms. The highest BCUT2D eigenvalue weighted by molar-refractivity contribution is 5.85. The maximum atomic E-state index is 5.03. The molecule has 0 unspecified atom stereocenters. The minimum Gasteiger partial charge on any atom is -0.232 e. The number of para-hydroxylation sites is 1. The monoisotopic (exact) mass is 326 g/mol. The summed E-state index contributed by atoms with van der Waals surface area (Å²) in [7, 11) is 0. The van der Waals surface area contributed by atoms with Gasteiger partial charge in [0.2, 0.25) is 6.33 Å². The van der Waals surface area contributed by atoms with E-state index in [-0.39, 0.29) is 5.54 Å². The zero-order valence-corrected chi connectivity index (χ0v) is 16.5. The van der Waals surface area contributed by atoms with E-state index in [9.17, 15) is 0 Å². The standard InChI is InChI=1S/C21H32N3/c1-15(2)18-10-9-11-19(16(3)4)20(18)22-17(5)23-12-13-24(14-23)21(6,7)8/h9-16H,1-8H3/q+1/b22-17+. The van der Waals surface area contributed by atoms with E-state index in [2.05, 4.69) is 101 Å². The lowest BCUT2D eigenvalue weighted by atomic mass is 9.93. The minimum atomic E-state index is 0.0739. The van der Waals surface area contributed by atoms with Gasteiger partial charge in [-0.05, 0) is 43.7 Å². The SMILES string of the molecule is C/C(=N\c1c(C(C)C)cccc1C(C)C)n1cc[n+](C(C)(C)C)c1. The number of nitrogens with zero attached hydrogens (tertiary/aromatic N) is 3. The first-order valence-electron chi connectivity index (χ1n) is 8.89. The van der Waals surface area contributed by atoms with Crippen LogP contribution < -0.4 is 4.57 Å². The predicted molar refractivity (Wildman–Crippen MR) is 102 cm³/mol. The number of aliphatic imine (C=N–C) groups is 1. The molecule has 0 N–H and O–H groups in total. The van der Waals surface area contributed by atoms with Crippen LogP contribution in [0.15, 0.2) is 41.9 Å². The Morgan fingerprint density at radius 3 is 2.00 bits per heavy atom. The van der Waals surface area contributed by atoms with Crippen molar-refractivity contribution in [2.24, 2.45) is 4.99 Å². The Morgan fingerprint density at radius 2 is 1.58 bits per heavy atom. The number of aromatic nitrogens is 2. The molecular weight excluding hydrogens is 294 g/mol. The predicted octanol–water partition coefficient (Wildman–Crippen LogP) is 5.38. The van der Waals surface area contributed by atoms with Crippen LogP contribution in [0.4, 0.5) is 5.69 Å². The summed E-state index contributed by atoms with van der Waals surface area (Å²) in [4.78, 5) is 5.03. The Hall–Kier alpha value is -1.90. The summed E-state index contributed by atoms with van der Waals surface area (Å²) in [6.07, 6.45) is 6.31. The highest BCUT2D eigenvalue weighted by atomic mass is 15.2. The lowest BCUT2D eigenvalue weighted by molar-refractivity contribution is -0.753. The van der Waals surface area contributed by atoms with Gasteiger partial charge >= 0.3 is 0 Å². The van der Waals surface area contributed by atoms with Gasteiger partial charge in [0.25, 0.3) is 0 Å². The highest BCUT2D eigenvalue weighted by Crippen LogP contribution is 2.34. The van der Waals surface area contributed by atoms with Crippen molar-refractivity contribution in [1.29, 1.82) is 0 Å². The van der Waals surface area contributed by atoms with Crippen molar-refractivity contribution in [3.05, 3.63) is 48.0 Å². The van der Waals surface area contributed by atoms with E-state index >= 15 is 0 Å². The van der Waals surface area contributed by atoms with Crippen molar-refractivity contribution in [1.82, 2.24) is 4.57 Å². The fraction of sp³-hybridized carbons (Fsp3) is 0.524. The van der Waals surface area contributed by atoms with Gasteiger partial charge in [-0.1, -0.05) is 45.9 Å². The van der Waals surface area contributed by atoms with E-state index in [0.717, 1.165) is 11.5 Å². The third kappa shape index (κ3) is 3.95. The van der Waals surface area contributed by atoms with Gasteiger partial charge in [0.1, 0.15) is 17.9 Å². The first-order valence-corrected chi connectivity index (χ1v) is 8.89. The summed E-state index contributed by atoms with van der Waals surface area (Å²) in [6, 6.07) is 6.56. The van der Waals surface area contributed by atoms with E-state index in [4.69, 9.17) is 4.99 Å². The molecule has 0 aliphatic heterocycles. The van der Waals surface area contributed by atoms with Gasteiger partial charge in [-0.3, -0.25) is 0 Å². The molecule has 0 aliphatic carbocycles. The molecule has 3 nitrogen and oxygen atoms in total. The largest absolute Gasteiger partial charge is 0.250 e. The van der Waals surface area contributed by atoms with Crippen LogP contribution in [0.3, 0.4) is 0 Å². The molecular formula is C21H32N3+. The summed E-state index contributed by atoms with van der Waals surface area (Å²) >= 11 is 0. The molecule has 0 aliphatic rings. The van der Waals surface area contributed by atoms with Crippen molar-refractivity contribution in [3.63, 3.8) is 0 Å². The van der Waals surface area contributed by atoms with E-state index in [1.54, 1.807) is 0 Å². The molecule has 3 heteroatoms. The lowest BCUT2D eigenvalue weighted by Crippen LogP contribution is -2.48. The summed E-state index contributed by atoms with van der Waals surface area (Å²) in [5.74, 6) is 1.91. The summed E-state index contributed by atoms with van der Waals surface area (Å²) in [5, 5.41) is 0. The molecule has 2 rings (SSSR count). The molecule has 1 aromatic carbocycles. The molecule has 0 atom stereocenters. The number of rotatable bonds is 3. The Balaban J connectivity index is 2.52. The van der Waals surface area contributed by atoms with Gasteiger partial charge < -0.3 is 0 Å². The smallest absolute Gasteiger partial charge is 0.232 e. The van der Waals surface area contributed by atoms with Crippen LogP contribution in [-0.4, -0.2) is 10.4 Å². The van der Waals surface area contributed by atoms with Gasteiger partial charge in [0, 0.05) is 6.92 Å². The van der Waals surface area contributed by atoms with Crippen LogP contribution in [0.2, 0.25) is 0 Å². The maximum Gasteiger partial charge on any atom is 0.250 e. The van der Waals surface area contributed by atoms with E-state index in [1.807, 2.05) is 0 Å². The van der Waals surface area contributed by atoms with Crippen LogP contribution >= 0.6 is 0 Å². The Kier molecular flexibility index (Phi) is 5.32. The number of benzene rings is 1. The Morgan fingerprint density at radius 1 is 1.04 bits per heavy atom. The average Bonchev–Trinajstić information content (AvgIpc) is 2.96. The first-order chi connectivity index (χ1) is 11.1. The average molecular weight is 327 g/mol. The number of hydrogen-bond donors (Lipinski definition) is 0. The minimum absolute atomic E-state index is 0.0739. The van der Waals surface area contributed by atoms with Gasteiger partial charge in [-0.25, -0.2) is 9.56 Å². The third-order valence-corrected chi connectivity index (χ3v) is 4.40. The highest BCUT2D eigenvalue weighted by Gasteiger charge is 2.20. The van der Waals surface area contributed by atoms with E-state index in [0.29, 0.717) is 11.8 Å². The van der Waals surface area contributed by atoms with Gasteiger partial charge in [-0.2, -0.15) is 4.57 Å². The van der Waals surface area contributed by atoms with Crippen molar-refractivity contribution >= 4 is 11.5 Å². The first kappa shape index (κ1) is 18.4. The summed E-state index contributed by atoms with van der Waals surface area (Å²) in [6.45, 7) is 17.6. The normalized spacial score (nSPS) is 13.2. The molecule has 24 heavy (non-hydrogen) atoms. The molecule has 0 spiro atoms. The zero-order valence-electron chi connectivity index (χ0n) is 16.5. The van der Waals surface area contributed by atoms with Gasteiger partial charge in [-0.15, -0.1) is 0 Å². The van der Waals surface area contributed by atoms with Crippen LogP contribution in [0, 0.1) is 0 Å².